The van der Waals surface area contributed by atoms with Crippen LogP contribution in [0.15, 0.2) is 59.8 Å². The Hall–Kier alpha value is -1.85. The maximum Gasteiger partial charge on any atom is 0.329 e. The summed E-state index contributed by atoms with van der Waals surface area (Å²) in [4.78, 5) is 16.4. The maximum absolute atomic E-state index is 11.5. The number of rotatable bonds is 5. The summed E-state index contributed by atoms with van der Waals surface area (Å²) in [6.07, 6.45) is 3.34. The second kappa shape index (κ2) is 5.86. The monoisotopic (exact) mass is 274 g/mol. The normalized spacial score (nSPS) is 13.7. The number of aromatic nitrogens is 1. The van der Waals surface area contributed by atoms with Crippen LogP contribution in [0.4, 0.5) is 0 Å². The molecule has 0 bridgehead atoms. The van der Waals surface area contributed by atoms with Crippen LogP contribution in [-0.4, -0.2) is 21.8 Å². The molecular weight excluding hydrogens is 260 g/mol. The first-order valence-corrected chi connectivity index (χ1v) is 6.72. The van der Waals surface area contributed by atoms with Gasteiger partial charge in [0.1, 0.15) is 5.54 Å². The SMILES string of the molecule is NC(CSc1ccncc1)(C(=O)O)c1ccccc1. The summed E-state index contributed by atoms with van der Waals surface area (Å²) in [7, 11) is 0. The highest BCUT2D eigenvalue weighted by atomic mass is 32.2. The van der Waals surface area contributed by atoms with Gasteiger partial charge in [0.05, 0.1) is 0 Å². The van der Waals surface area contributed by atoms with Gasteiger partial charge in [-0.15, -0.1) is 11.8 Å². The molecule has 1 aromatic heterocycles. The van der Waals surface area contributed by atoms with Crippen molar-refractivity contribution in [1.29, 1.82) is 0 Å². The Balaban J connectivity index is 2.19. The van der Waals surface area contributed by atoms with Gasteiger partial charge in [-0.3, -0.25) is 4.98 Å². The third kappa shape index (κ3) is 3.13. The first-order chi connectivity index (χ1) is 9.13. The van der Waals surface area contributed by atoms with Crippen molar-refractivity contribution in [3.8, 4) is 0 Å². The molecule has 0 radical (unpaired) electrons. The fraction of sp³-hybridized carbons (Fsp3) is 0.143. The lowest BCUT2D eigenvalue weighted by Crippen LogP contribution is -2.47. The molecule has 1 atom stereocenters. The van der Waals surface area contributed by atoms with Crippen molar-refractivity contribution in [2.24, 2.45) is 5.73 Å². The Morgan fingerprint density at radius 2 is 1.84 bits per heavy atom. The van der Waals surface area contributed by atoms with Crippen molar-refractivity contribution in [2.75, 3.05) is 5.75 Å². The minimum absolute atomic E-state index is 0.260. The summed E-state index contributed by atoms with van der Waals surface area (Å²) in [5.41, 5.74) is 5.28. The number of nitrogens with two attached hydrogens (primary N) is 1. The lowest BCUT2D eigenvalue weighted by molar-refractivity contribution is -0.142. The van der Waals surface area contributed by atoms with Crippen LogP contribution >= 0.6 is 11.8 Å². The van der Waals surface area contributed by atoms with E-state index in [1.54, 1.807) is 36.7 Å². The Kier molecular flexibility index (Phi) is 4.19. The number of thioether (sulfide) groups is 1. The molecule has 2 aromatic rings. The van der Waals surface area contributed by atoms with Gasteiger partial charge in [-0.2, -0.15) is 0 Å². The molecule has 1 heterocycles. The molecule has 0 saturated carbocycles. The average Bonchev–Trinajstić information content (AvgIpc) is 2.46. The number of carboxylic acids is 1. The molecule has 0 amide bonds. The van der Waals surface area contributed by atoms with E-state index in [2.05, 4.69) is 4.98 Å². The molecule has 19 heavy (non-hydrogen) atoms. The first-order valence-electron chi connectivity index (χ1n) is 5.73. The molecule has 98 valence electrons. The predicted molar refractivity (Wildman–Crippen MR) is 74.9 cm³/mol. The third-order valence-electron chi connectivity index (χ3n) is 2.79. The number of hydrogen-bond acceptors (Lipinski definition) is 4. The van der Waals surface area contributed by atoms with E-state index in [9.17, 15) is 9.90 Å². The number of pyridine rings is 1. The molecule has 0 aliphatic carbocycles. The molecule has 1 unspecified atom stereocenters. The Bertz CT molecular complexity index is 548. The van der Waals surface area contributed by atoms with E-state index in [0.717, 1.165) is 4.90 Å². The average molecular weight is 274 g/mol. The van der Waals surface area contributed by atoms with Gasteiger partial charge in [-0.05, 0) is 17.7 Å². The molecule has 0 fully saturated rings. The molecule has 2 rings (SSSR count). The number of aliphatic carboxylic acids is 1. The fourth-order valence-corrected chi connectivity index (χ4v) is 2.63. The van der Waals surface area contributed by atoms with Crippen LogP contribution in [0.2, 0.25) is 0 Å². The second-order valence-electron chi connectivity index (χ2n) is 4.11. The van der Waals surface area contributed by atoms with Crippen molar-refractivity contribution in [2.45, 2.75) is 10.4 Å². The summed E-state index contributed by atoms with van der Waals surface area (Å²) < 4.78 is 0. The van der Waals surface area contributed by atoms with Crippen LogP contribution < -0.4 is 5.73 Å². The van der Waals surface area contributed by atoms with Gasteiger partial charge >= 0.3 is 5.97 Å². The zero-order valence-electron chi connectivity index (χ0n) is 10.2. The Morgan fingerprint density at radius 1 is 1.21 bits per heavy atom. The van der Waals surface area contributed by atoms with Gasteiger partial charge in [0.25, 0.3) is 0 Å². The smallest absolute Gasteiger partial charge is 0.329 e. The number of benzene rings is 1. The third-order valence-corrected chi connectivity index (χ3v) is 3.99. The summed E-state index contributed by atoms with van der Waals surface area (Å²) in [5.74, 6) is -0.767. The minimum atomic E-state index is -1.39. The Labute approximate surface area is 115 Å². The number of nitrogens with zero attached hydrogens (tertiary/aromatic N) is 1. The van der Waals surface area contributed by atoms with Gasteiger partial charge in [-0.25, -0.2) is 4.79 Å². The molecule has 0 saturated heterocycles. The van der Waals surface area contributed by atoms with Crippen molar-refractivity contribution >= 4 is 17.7 Å². The fourth-order valence-electron chi connectivity index (χ4n) is 1.64. The zero-order valence-corrected chi connectivity index (χ0v) is 11.0. The van der Waals surface area contributed by atoms with Gasteiger partial charge in [0.2, 0.25) is 0 Å². The van der Waals surface area contributed by atoms with E-state index in [-0.39, 0.29) is 5.75 Å². The lowest BCUT2D eigenvalue weighted by Gasteiger charge is -2.24. The number of carbonyl (C=O) groups is 1. The van der Waals surface area contributed by atoms with Gasteiger partial charge < -0.3 is 10.8 Å². The molecule has 3 N–H and O–H groups in total. The minimum Gasteiger partial charge on any atom is -0.480 e. The molecular formula is C14H14N2O2S. The largest absolute Gasteiger partial charge is 0.480 e. The predicted octanol–water partition coefficient (Wildman–Crippen LogP) is 2.11. The van der Waals surface area contributed by atoms with E-state index >= 15 is 0 Å². The highest BCUT2D eigenvalue weighted by molar-refractivity contribution is 7.99. The summed E-state index contributed by atoms with van der Waals surface area (Å²) >= 11 is 1.40. The summed E-state index contributed by atoms with van der Waals surface area (Å²) in [6.45, 7) is 0. The highest BCUT2D eigenvalue weighted by Crippen LogP contribution is 2.27. The number of carboxylic acid groups (broad SMARTS) is 1. The van der Waals surface area contributed by atoms with Crippen molar-refractivity contribution in [1.82, 2.24) is 4.98 Å². The maximum atomic E-state index is 11.5. The second-order valence-corrected chi connectivity index (χ2v) is 5.16. The van der Waals surface area contributed by atoms with E-state index in [4.69, 9.17) is 5.73 Å². The van der Waals surface area contributed by atoms with Crippen molar-refractivity contribution in [3.63, 3.8) is 0 Å². The first kappa shape index (κ1) is 13.6. The van der Waals surface area contributed by atoms with Crippen LogP contribution in [0, 0.1) is 0 Å². The van der Waals surface area contributed by atoms with Crippen LogP contribution in [0.3, 0.4) is 0 Å². The van der Waals surface area contributed by atoms with E-state index in [1.807, 2.05) is 18.2 Å². The molecule has 1 aromatic carbocycles. The van der Waals surface area contributed by atoms with Gasteiger partial charge in [0.15, 0.2) is 0 Å². The standard InChI is InChI=1S/C14H14N2O2S/c15-14(13(17)18,11-4-2-1-3-5-11)10-19-12-6-8-16-9-7-12/h1-9H,10,15H2,(H,17,18). The van der Waals surface area contributed by atoms with Crippen LogP contribution in [-0.2, 0) is 10.3 Å². The van der Waals surface area contributed by atoms with Crippen molar-refractivity contribution in [3.05, 3.63) is 60.4 Å². The van der Waals surface area contributed by atoms with Crippen LogP contribution in [0.5, 0.6) is 0 Å². The van der Waals surface area contributed by atoms with E-state index in [1.165, 1.54) is 11.8 Å². The van der Waals surface area contributed by atoms with Crippen LogP contribution in [0.25, 0.3) is 0 Å². The van der Waals surface area contributed by atoms with E-state index in [0.29, 0.717) is 5.56 Å². The highest BCUT2D eigenvalue weighted by Gasteiger charge is 2.35. The lowest BCUT2D eigenvalue weighted by atomic mass is 9.93. The van der Waals surface area contributed by atoms with Gasteiger partial charge in [-0.1, -0.05) is 30.3 Å². The molecule has 4 nitrogen and oxygen atoms in total. The number of hydrogen-bond donors (Lipinski definition) is 2. The molecule has 5 heteroatoms. The van der Waals surface area contributed by atoms with Crippen molar-refractivity contribution < 1.29 is 9.90 Å². The topological polar surface area (TPSA) is 76.2 Å². The molecule has 0 aliphatic rings. The summed E-state index contributed by atoms with van der Waals surface area (Å²) in [5, 5.41) is 9.41. The Morgan fingerprint density at radius 3 is 2.42 bits per heavy atom. The molecule has 0 spiro atoms. The van der Waals surface area contributed by atoms with E-state index < -0.39 is 11.5 Å². The quantitative estimate of drug-likeness (QED) is 0.817. The van der Waals surface area contributed by atoms with Crippen LogP contribution in [0.1, 0.15) is 5.56 Å². The summed E-state index contributed by atoms with van der Waals surface area (Å²) in [6, 6.07) is 12.5. The zero-order chi connectivity index (χ0) is 13.7. The van der Waals surface area contributed by atoms with Gasteiger partial charge in [0, 0.05) is 23.0 Å². The molecule has 0 aliphatic heterocycles.